The molecule has 0 unspecified atom stereocenters. The molecule has 3 rings (SSSR count). The first kappa shape index (κ1) is 27.9. The molecule has 0 atom stereocenters. The summed E-state index contributed by atoms with van der Waals surface area (Å²) >= 11 is 0. The van der Waals surface area contributed by atoms with Gasteiger partial charge in [0.15, 0.2) is 0 Å². The fraction of sp³-hybridized carbons (Fsp3) is 0. The summed E-state index contributed by atoms with van der Waals surface area (Å²) in [7, 11) is -4.73. The number of rotatable bonds is 4. The first-order chi connectivity index (χ1) is 12.7. The van der Waals surface area contributed by atoms with Crippen LogP contribution in [-0.2, 0) is 27.5 Å². The summed E-state index contributed by atoms with van der Waals surface area (Å²) in [5.41, 5.74) is 7.44. The third-order valence-corrected chi connectivity index (χ3v) is 4.58. The number of nitrogens with zero attached hydrogens (tertiary/aromatic N) is 3. The molecule has 0 saturated heterocycles. The van der Waals surface area contributed by atoms with Crippen molar-refractivity contribution in [2.24, 2.45) is 10.2 Å². The zero-order valence-corrected chi connectivity index (χ0v) is 19.4. The molecule has 11 nitrogen and oxygen atoms in total. The molecule has 4 N–H and O–H groups in total. The van der Waals surface area contributed by atoms with E-state index in [1.807, 2.05) is 0 Å². The van der Waals surface area contributed by atoms with Gasteiger partial charge in [0.2, 0.25) is 0 Å². The fourth-order valence-electron chi connectivity index (χ4n) is 2.45. The van der Waals surface area contributed by atoms with Crippen molar-refractivity contribution in [2.75, 3.05) is 0 Å². The molecule has 0 aliphatic carbocycles. The van der Waals surface area contributed by atoms with Crippen LogP contribution in [0.25, 0.3) is 16.5 Å². The zero-order valence-electron chi connectivity index (χ0n) is 15.3. The van der Waals surface area contributed by atoms with Gasteiger partial charge in [0.05, 0.1) is 21.6 Å². The van der Waals surface area contributed by atoms with Crippen molar-refractivity contribution < 1.29 is 75.4 Å². The van der Waals surface area contributed by atoms with Gasteiger partial charge in [0.1, 0.15) is 21.6 Å². The predicted molar refractivity (Wildman–Crippen MR) is 98.4 cm³/mol. The van der Waals surface area contributed by atoms with Crippen molar-refractivity contribution in [3.63, 3.8) is 0 Å². The number of non-ortho nitro benzene ring substituents is 1. The van der Waals surface area contributed by atoms with E-state index in [-0.39, 0.29) is 85.9 Å². The van der Waals surface area contributed by atoms with E-state index in [1.165, 1.54) is 30.3 Å². The van der Waals surface area contributed by atoms with Gasteiger partial charge >= 0.3 is 29.6 Å². The maximum atomic E-state index is 11.4. The summed E-state index contributed by atoms with van der Waals surface area (Å²) in [6.45, 7) is 0. The van der Waals surface area contributed by atoms with E-state index >= 15 is 0 Å². The number of hydrogen-bond donors (Lipinski definition) is 1. The molecule has 152 valence electrons. The Morgan fingerprint density at radius 3 is 2.27 bits per heavy atom. The summed E-state index contributed by atoms with van der Waals surface area (Å²) in [4.78, 5) is 9.56. The van der Waals surface area contributed by atoms with E-state index in [0.717, 1.165) is 18.2 Å². The minimum Gasteiger partial charge on any atom is -0.744 e. The molecule has 0 aliphatic heterocycles. The van der Waals surface area contributed by atoms with Crippen LogP contribution in [0.1, 0.15) is 0 Å². The molecule has 0 bridgehead atoms. The Labute approximate surface area is 203 Å². The number of hydrogen-bond acceptors (Lipinski definition) is 8. The molecule has 0 aromatic heterocycles. The smallest absolute Gasteiger partial charge is 0.744 e. The minimum absolute atomic E-state index is 0. The van der Waals surface area contributed by atoms with E-state index in [4.69, 9.17) is 5.73 Å². The molecule has 3 aromatic rings. The summed E-state index contributed by atoms with van der Waals surface area (Å²) in [6.07, 6.45) is 0. The normalized spacial score (nSPS) is 10.7. The van der Waals surface area contributed by atoms with E-state index in [9.17, 15) is 28.2 Å². The summed E-state index contributed by atoms with van der Waals surface area (Å²) in [6, 6.07) is 9.77. The van der Waals surface area contributed by atoms with Crippen molar-refractivity contribution in [3.8, 4) is 5.75 Å². The van der Waals surface area contributed by atoms with Crippen LogP contribution in [0.3, 0.4) is 0 Å². The van der Waals surface area contributed by atoms with Crippen LogP contribution in [0.2, 0.25) is 0 Å². The second kappa shape index (κ2) is 10.8. The number of phenols is 1. The Bertz CT molecular complexity index is 1220. The second-order valence-electron chi connectivity index (χ2n) is 5.40. The van der Waals surface area contributed by atoms with Gasteiger partial charge in [-0.3, -0.25) is 10.1 Å². The largest absolute Gasteiger partial charge is 1.00 e. The number of aromatic hydroxyl groups is 1. The Balaban J connectivity index is 0.00000280. The van der Waals surface area contributed by atoms with Crippen molar-refractivity contribution >= 4 is 43.6 Å². The Hall–Kier alpha value is -2.08. The van der Waals surface area contributed by atoms with Gasteiger partial charge in [0, 0.05) is 34.2 Å². The average molecular weight is 479 g/mol. The van der Waals surface area contributed by atoms with Gasteiger partial charge in [-0.15, -0.1) is 10.8 Å². The van der Waals surface area contributed by atoms with Crippen molar-refractivity contribution in [3.05, 3.63) is 64.4 Å². The number of fused-ring (bicyclic) bond motifs is 1. The van der Waals surface area contributed by atoms with Gasteiger partial charge < -0.3 is 20.9 Å². The Morgan fingerprint density at radius 2 is 1.70 bits per heavy atom. The number of nitro groups is 1. The first-order valence-corrected chi connectivity index (χ1v) is 8.71. The topological polar surface area (TPSA) is 201 Å². The summed E-state index contributed by atoms with van der Waals surface area (Å²) < 4.78 is 34.2. The molecule has 0 fully saturated rings. The zero-order chi connectivity index (χ0) is 19.8. The third-order valence-electron chi connectivity index (χ3n) is 3.69. The maximum Gasteiger partial charge on any atom is 1.00 e. The van der Waals surface area contributed by atoms with E-state index in [0.29, 0.717) is 0 Å². The monoisotopic (exact) mass is 479 g/mol. The number of phenolic OH excluding ortho intramolecular Hbond substituents is 1. The second-order valence-corrected chi connectivity index (χ2v) is 6.75. The van der Waals surface area contributed by atoms with Crippen LogP contribution in [0, 0.1) is 10.1 Å². The molecular weight excluding hydrogens is 467 g/mol. The number of nitro benzene ring substituents is 1. The summed E-state index contributed by atoms with van der Waals surface area (Å²) in [5, 5.41) is 28.5. The van der Waals surface area contributed by atoms with Gasteiger partial charge in [0.25, 0.3) is 5.69 Å². The van der Waals surface area contributed by atoms with Crippen LogP contribution < -0.4 is 29.6 Å². The molecule has 0 amide bonds. The van der Waals surface area contributed by atoms with Gasteiger partial charge in [-0.1, -0.05) is 24.3 Å². The average Bonchev–Trinajstić information content (AvgIpc) is 2.60. The molecule has 30 heavy (non-hydrogen) atoms. The standard InChI is InChI=1S/C16H11N4O6S.Cr.Na.H2O/c17-12-6-5-10-11(2-1-3-15(10)27(24,25)26)16(12)19-18-13-7-4-9(20(22)23)8-14(13)21;;;/h1-8H,(H3-,17,18,19,21,24,25,26);;;1H2/q-1;;+1;/p-1. The van der Waals surface area contributed by atoms with E-state index in [2.05, 4.69) is 10.2 Å². The van der Waals surface area contributed by atoms with Crippen LogP contribution in [0.15, 0.2) is 63.7 Å². The number of benzene rings is 3. The first-order valence-electron chi connectivity index (χ1n) is 7.31. The molecule has 0 spiro atoms. The van der Waals surface area contributed by atoms with Gasteiger partial charge in [-0.25, -0.2) is 8.42 Å². The van der Waals surface area contributed by atoms with Gasteiger partial charge in [-0.05, 0) is 12.1 Å². The SMILES string of the molecule is O.[Cr].[NH-]c1ccc2c(S(=O)(=O)[O-])cccc2c1N=Nc1ccc([N+](=O)[O-])cc1O.[Na+]. The molecule has 0 aliphatic rings. The molecule has 0 saturated carbocycles. The Morgan fingerprint density at radius 1 is 1.03 bits per heavy atom. The van der Waals surface area contributed by atoms with Crippen molar-refractivity contribution in [1.29, 1.82) is 0 Å². The number of nitrogens with one attached hydrogen (secondary N) is 1. The van der Waals surface area contributed by atoms with Crippen molar-refractivity contribution in [1.82, 2.24) is 0 Å². The number of azo groups is 1. The van der Waals surface area contributed by atoms with Crippen LogP contribution in [0.5, 0.6) is 5.75 Å². The molecule has 3 aromatic carbocycles. The Kier molecular flexibility index (Phi) is 10.1. The van der Waals surface area contributed by atoms with E-state index in [1.54, 1.807) is 0 Å². The molecular formula is C16H12CrN4NaO7S-. The quantitative estimate of drug-likeness (QED) is 0.187. The minimum atomic E-state index is -4.73. The molecule has 0 heterocycles. The van der Waals surface area contributed by atoms with Crippen LogP contribution in [-0.4, -0.2) is 28.5 Å². The predicted octanol–water partition coefficient (Wildman–Crippen LogP) is 0.634. The molecule has 14 heteroatoms. The molecule has 0 radical (unpaired) electrons. The third kappa shape index (κ3) is 5.75. The van der Waals surface area contributed by atoms with Crippen molar-refractivity contribution in [2.45, 2.75) is 4.90 Å². The summed E-state index contributed by atoms with van der Waals surface area (Å²) in [5.74, 6) is -0.484. The maximum absolute atomic E-state index is 11.4. The van der Waals surface area contributed by atoms with Crippen LogP contribution >= 0.6 is 0 Å². The van der Waals surface area contributed by atoms with E-state index < -0.39 is 25.7 Å². The van der Waals surface area contributed by atoms with Crippen LogP contribution in [0.4, 0.5) is 22.7 Å². The fourth-order valence-corrected chi connectivity index (χ4v) is 3.15. The van der Waals surface area contributed by atoms with Gasteiger partial charge in [-0.2, -0.15) is 5.11 Å².